The maximum absolute atomic E-state index is 13.7. The molecule has 2 aliphatic rings. The number of H-pyrrole nitrogens is 1. The first-order valence-corrected chi connectivity index (χ1v) is 14.4. The second-order valence-electron chi connectivity index (χ2n) is 11.0. The summed E-state index contributed by atoms with van der Waals surface area (Å²) in [7, 11) is 1.81. The van der Waals surface area contributed by atoms with Crippen molar-refractivity contribution >= 4 is 45.9 Å². The minimum Gasteiger partial charge on any atom is -0.392 e. The fourth-order valence-corrected chi connectivity index (χ4v) is 5.72. The van der Waals surface area contributed by atoms with E-state index in [-0.39, 0.29) is 23.7 Å². The first-order valence-electron chi connectivity index (χ1n) is 14.4. The van der Waals surface area contributed by atoms with Crippen molar-refractivity contribution in [1.29, 1.82) is 0 Å². The Morgan fingerprint density at radius 1 is 1.21 bits per heavy atom. The van der Waals surface area contributed by atoms with E-state index in [0.717, 1.165) is 64.1 Å². The molecule has 1 atom stereocenters. The highest BCUT2D eigenvalue weighted by molar-refractivity contribution is 6.15. The van der Waals surface area contributed by atoms with Gasteiger partial charge in [-0.15, -0.1) is 0 Å². The van der Waals surface area contributed by atoms with E-state index < -0.39 is 0 Å². The minimum atomic E-state index is -0.107. The number of para-hydroxylation sites is 1. The fraction of sp³-hybridized carbons (Fsp3) is 0.281. The standard InChI is InChI=1S/C32H35N9O2/c1-18-14-37-32(39-27(33)13-19(2)34-3)40-28(18)23-16-36-29-21(23)8-5-11-26(29)41-17-24-22(31(41)43)9-4-10-25(24)38-30(42)20-7-6-12-35-15-20/h4-5,8-11,13-14,16,20,34-36H,6-7,12,15,17H2,1-3H3,(H,38,42)(H2,33,37,39,40)/b19-13-. The summed E-state index contributed by atoms with van der Waals surface area (Å²) in [6.07, 6.45) is 7.17. The van der Waals surface area contributed by atoms with Crippen LogP contribution in [0.1, 0.15) is 41.3 Å². The number of amidine groups is 1. The molecular formula is C32H35N9O2. The van der Waals surface area contributed by atoms with Crippen LogP contribution in [0.4, 0.5) is 17.3 Å². The molecule has 0 bridgehead atoms. The molecule has 11 nitrogen and oxygen atoms in total. The molecule has 2 amide bonds. The molecule has 4 aromatic rings. The number of benzene rings is 2. The van der Waals surface area contributed by atoms with Gasteiger partial charge >= 0.3 is 0 Å². The number of nitrogens with zero attached hydrogens (tertiary/aromatic N) is 4. The first kappa shape index (κ1) is 28.1. The topological polar surface area (TPSA) is 153 Å². The van der Waals surface area contributed by atoms with E-state index in [1.807, 2.05) is 63.5 Å². The number of carbonyl (C=O) groups excluding carboxylic acids is 2. The van der Waals surface area contributed by atoms with Crippen LogP contribution in [0.3, 0.4) is 0 Å². The number of rotatable bonds is 7. The number of hydrogen-bond donors (Lipinski definition) is 5. The van der Waals surface area contributed by atoms with Gasteiger partial charge in [0.2, 0.25) is 5.91 Å². The second kappa shape index (κ2) is 11.7. The fourth-order valence-electron chi connectivity index (χ4n) is 5.72. The zero-order chi connectivity index (χ0) is 30.1. The number of carbonyl (C=O) groups is 2. The molecule has 43 heavy (non-hydrogen) atoms. The van der Waals surface area contributed by atoms with E-state index in [1.165, 1.54) is 0 Å². The third kappa shape index (κ3) is 5.46. The highest BCUT2D eigenvalue weighted by atomic mass is 16.2. The molecule has 0 saturated carbocycles. The molecular weight excluding hydrogens is 542 g/mol. The number of allylic oxidation sites excluding steroid dienone is 1. The number of aliphatic imine (C=N–C) groups is 1. The molecule has 1 fully saturated rings. The Balaban J connectivity index is 1.31. The molecule has 2 aromatic heterocycles. The van der Waals surface area contributed by atoms with Crippen LogP contribution in [0.15, 0.2) is 65.6 Å². The Morgan fingerprint density at radius 3 is 2.84 bits per heavy atom. The summed E-state index contributed by atoms with van der Waals surface area (Å²) in [5.74, 6) is 0.352. The molecule has 1 saturated heterocycles. The van der Waals surface area contributed by atoms with Crippen molar-refractivity contribution in [3.05, 3.63) is 77.3 Å². The van der Waals surface area contributed by atoms with E-state index in [4.69, 9.17) is 10.7 Å². The highest BCUT2D eigenvalue weighted by Crippen LogP contribution is 2.39. The van der Waals surface area contributed by atoms with Crippen LogP contribution in [0.5, 0.6) is 0 Å². The predicted octanol–water partition coefficient (Wildman–Crippen LogP) is 4.14. The third-order valence-corrected chi connectivity index (χ3v) is 8.08. The Labute approximate surface area is 249 Å². The van der Waals surface area contributed by atoms with Crippen LogP contribution in [0.25, 0.3) is 22.2 Å². The molecule has 220 valence electrons. The number of aryl methyl sites for hydroxylation is 1. The molecule has 1 unspecified atom stereocenters. The lowest BCUT2D eigenvalue weighted by Crippen LogP contribution is -2.37. The SMILES string of the molecule is CN/C(C)=C\C(N)=N/c1ncc(C)c(-c2c[nH]c3c(N4Cc5c(NC(=O)C6CCCNC6)cccc5C4=O)cccc23)n1. The van der Waals surface area contributed by atoms with Crippen LogP contribution in [-0.4, -0.2) is 52.7 Å². The van der Waals surface area contributed by atoms with Crippen molar-refractivity contribution in [2.45, 2.75) is 33.2 Å². The van der Waals surface area contributed by atoms with Gasteiger partial charge in [0, 0.05) is 59.4 Å². The van der Waals surface area contributed by atoms with Gasteiger partial charge in [-0.3, -0.25) is 9.59 Å². The van der Waals surface area contributed by atoms with Crippen molar-refractivity contribution in [3.63, 3.8) is 0 Å². The monoisotopic (exact) mass is 577 g/mol. The van der Waals surface area contributed by atoms with E-state index in [9.17, 15) is 9.59 Å². The van der Waals surface area contributed by atoms with Crippen molar-refractivity contribution < 1.29 is 9.59 Å². The summed E-state index contributed by atoms with van der Waals surface area (Å²) < 4.78 is 0. The molecule has 2 aliphatic heterocycles. The number of nitrogens with one attached hydrogen (secondary N) is 4. The van der Waals surface area contributed by atoms with E-state index in [0.29, 0.717) is 30.2 Å². The summed E-state index contributed by atoms with van der Waals surface area (Å²) in [5.41, 5.74) is 13.1. The lowest BCUT2D eigenvalue weighted by Gasteiger charge is -2.22. The van der Waals surface area contributed by atoms with Crippen LogP contribution >= 0.6 is 0 Å². The van der Waals surface area contributed by atoms with Gasteiger partial charge in [-0.2, -0.15) is 4.99 Å². The quantitative estimate of drug-likeness (QED) is 0.163. The number of nitrogens with two attached hydrogens (primary N) is 1. The van der Waals surface area contributed by atoms with Gasteiger partial charge in [0.05, 0.1) is 29.4 Å². The van der Waals surface area contributed by atoms with Gasteiger partial charge in [0.25, 0.3) is 11.9 Å². The Hall–Kier alpha value is -5.03. The number of piperidine rings is 1. The van der Waals surface area contributed by atoms with E-state index >= 15 is 0 Å². The van der Waals surface area contributed by atoms with Crippen molar-refractivity contribution in [2.75, 3.05) is 30.4 Å². The first-order chi connectivity index (χ1) is 20.8. The smallest absolute Gasteiger partial charge is 0.259 e. The number of amides is 2. The zero-order valence-corrected chi connectivity index (χ0v) is 24.5. The number of hydrogen-bond acceptors (Lipinski definition) is 7. The van der Waals surface area contributed by atoms with Crippen molar-refractivity contribution in [2.24, 2.45) is 16.6 Å². The Kier molecular flexibility index (Phi) is 7.64. The Bertz CT molecular complexity index is 1780. The van der Waals surface area contributed by atoms with Gasteiger partial charge in [-0.25, -0.2) is 9.97 Å². The summed E-state index contributed by atoms with van der Waals surface area (Å²) in [4.78, 5) is 45.3. The van der Waals surface area contributed by atoms with E-state index in [2.05, 4.69) is 30.9 Å². The van der Waals surface area contributed by atoms with Crippen LogP contribution in [0, 0.1) is 12.8 Å². The molecule has 0 aliphatic carbocycles. The Morgan fingerprint density at radius 2 is 2.05 bits per heavy atom. The predicted molar refractivity (Wildman–Crippen MR) is 169 cm³/mol. The van der Waals surface area contributed by atoms with E-state index in [1.54, 1.807) is 17.2 Å². The summed E-state index contributed by atoms with van der Waals surface area (Å²) >= 11 is 0. The number of aromatic nitrogens is 3. The molecule has 2 aromatic carbocycles. The maximum atomic E-state index is 13.7. The van der Waals surface area contributed by atoms with Crippen LogP contribution < -0.4 is 26.6 Å². The van der Waals surface area contributed by atoms with Crippen LogP contribution in [0.2, 0.25) is 0 Å². The average Bonchev–Trinajstić information content (AvgIpc) is 3.60. The van der Waals surface area contributed by atoms with Gasteiger partial charge in [0.1, 0.15) is 5.84 Å². The lowest BCUT2D eigenvalue weighted by molar-refractivity contribution is -0.120. The summed E-state index contributed by atoms with van der Waals surface area (Å²) in [6, 6.07) is 11.4. The number of anilines is 2. The van der Waals surface area contributed by atoms with Crippen LogP contribution in [-0.2, 0) is 11.3 Å². The normalized spacial score (nSPS) is 17.3. The molecule has 6 rings (SSSR count). The highest BCUT2D eigenvalue weighted by Gasteiger charge is 2.33. The molecule has 6 N–H and O–H groups in total. The van der Waals surface area contributed by atoms with Gasteiger partial charge < -0.3 is 31.6 Å². The number of aromatic amines is 1. The number of fused-ring (bicyclic) bond motifs is 2. The molecule has 4 heterocycles. The van der Waals surface area contributed by atoms with Crippen molar-refractivity contribution in [1.82, 2.24) is 25.6 Å². The summed E-state index contributed by atoms with van der Waals surface area (Å²) in [6.45, 7) is 5.80. The molecule has 0 radical (unpaired) electrons. The largest absolute Gasteiger partial charge is 0.392 e. The van der Waals surface area contributed by atoms with Gasteiger partial charge in [-0.05, 0) is 63.1 Å². The van der Waals surface area contributed by atoms with Gasteiger partial charge in [0.15, 0.2) is 0 Å². The zero-order valence-electron chi connectivity index (χ0n) is 24.5. The second-order valence-corrected chi connectivity index (χ2v) is 11.0. The lowest BCUT2D eigenvalue weighted by atomic mass is 9.98. The molecule has 0 spiro atoms. The van der Waals surface area contributed by atoms with Crippen molar-refractivity contribution in [3.8, 4) is 11.3 Å². The average molecular weight is 578 g/mol. The third-order valence-electron chi connectivity index (χ3n) is 8.08. The molecule has 11 heteroatoms. The maximum Gasteiger partial charge on any atom is 0.259 e. The summed E-state index contributed by atoms with van der Waals surface area (Å²) in [5, 5.41) is 10.3. The minimum absolute atomic E-state index is 0.0125. The van der Waals surface area contributed by atoms with Gasteiger partial charge in [-0.1, -0.05) is 18.2 Å².